The highest BCUT2D eigenvalue weighted by Gasteiger charge is 2.21. The fraction of sp³-hybridized carbons (Fsp3) is 0.316. The lowest BCUT2D eigenvalue weighted by Gasteiger charge is -2.18. The molecule has 0 radical (unpaired) electrons. The van der Waals surface area contributed by atoms with Crippen LogP contribution in [0.5, 0.6) is 0 Å². The van der Waals surface area contributed by atoms with Crippen LogP contribution in [0.3, 0.4) is 0 Å². The van der Waals surface area contributed by atoms with Gasteiger partial charge >= 0.3 is 5.97 Å². The molecule has 0 aliphatic carbocycles. The van der Waals surface area contributed by atoms with Gasteiger partial charge in [-0.1, -0.05) is 26.0 Å². The Balaban J connectivity index is 2.01. The zero-order valence-corrected chi connectivity index (χ0v) is 18.0. The van der Waals surface area contributed by atoms with Gasteiger partial charge in [-0.25, -0.2) is 18.2 Å². The monoisotopic (exact) mass is 437 g/mol. The molecule has 0 spiro atoms. The average Bonchev–Trinajstić information content (AvgIpc) is 3.16. The number of thiazole rings is 1. The van der Waals surface area contributed by atoms with Gasteiger partial charge in [0, 0.05) is 24.5 Å². The smallest absolute Gasteiger partial charge is 0.357 e. The Labute approximate surface area is 174 Å². The second-order valence-corrected chi connectivity index (χ2v) is 8.54. The van der Waals surface area contributed by atoms with Crippen molar-refractivity contribution in [2.45, 2.75) is 25.7 Å². The number of ether oxygens (including phenoxy) is 1. The van der Waals surface area contributed by atoms with Crippen LogP contribution < -0.4 is 5.32 Å². The Hall–Kier alpha value is -2.56. The molecule has 0 aliphatic rings. The summed E-state index contributed by atoms with van der Waals surface area (Å²) in [6, 6.07) is 6.28. The molecule has 10 heteroatoms. The standard InChI is InChI=1S/C19H23N3O5S2/c1-4-22(5-2)29(25,26)15-10-7-14(8-11-15)9-12-17(23)21-19-20-16(13-28-19)18(24)27-6-3/h7-13H,4-6H2,1-3H3,(H,20,21,23)/b12-9+. The van der Waals surface area contributed by atoms with E-state index in [2.05, 4.69) is 10.3 Å². The van der Waals surface area contributed by atoms with E-state index < -0.39 is 21.9 Å². The normalized spacial score (nSPS) is 11.7. The van der Waals surface area contributed by atoms with Crippen molar-refractivity contribution in [3.05, 3.63) is 47.0 Å². The van der Waals surface area contributed by atoms with E-state index in [1.54, 1.807) is 39.0 Å². The number of hydrogen-bond donors (Lipinski definition) is 1. The van der Waals surface area contributed by atoms with E-state index in [0.717, 1.165) is 11.3 Å². The molecule has 0 aliphatic heterocycles. The van der Waals surface area contributed by atoms with Gasteiger partial charge in [-0.2, -0.15) is 4.31 Å². The van der Waals surface area contributed by atoms with Crippen LogP contribution in [0.25, 0.3) is 6.08 Å². The Bertz CT molecular complexity index is 978. The molecule has 156 valence electrons. The first-order chi connectivity index (χ1) is 13.8. The number of benzene rings is 1. The van der Waals surface area contributed by atoms with Gasteiger partial charge < -0.3 is 4.74 Å². The molecule has 1 amide bonds. The zero-order valence-electron chi connectivity index (χ0n) is 16.4. The van der Waals surface area contributed by atoms with E-state index in [-0.39, 0.29) is 22.3 Å². The van der Waals surface area contributed by atoms with E-state index in [1.807, 2.05) is 0 Å². The molecule has 0 unspecified atom stereocenters. The Morgan fingerprint density at radius 3 is 2.41 bits per heavy atom. The molecule has 2 rings (SSSR count). The molecule has 0 bridgehead atoms. The van der Waals surface area contributed by atoms with Gasteiger partial charge in [0.25, 0.3) is 0 Å². The first-order valence-electron chi connectivity index (χ1n) is 9.03. The number of nitrogens with zero attached hydrogens (tertiary/aromatic N) is 2. The summed E-state index contributed by atoms with van der Waals surface area (Å²) in [5.41, 5.74) is 0.811. The van der Waals surface area contributed by atoms with Crippen molar-refractivity contribution in [3.63, 3.8) is 0 Å². The third-order valence-corrected chi connectivity index (χ3v) is 6.69. The third-order valence-electron chi connectivity index (χ3n) is 3.87. The molecule has 0 fully saturated rings. The van der Waals surface area contributed by atoms with Crippen molar-refractivity contribution < 1.29 is 22.7 Å². The fourth-order valence-electron chi connectivity index (χ4n) is 2.41. The molecule has 0 saturated heterocycles. The van der Waals surface area contributed by atoms with Gasteiger partial charge in [-0.3, -0.25) is 10.1 Å². The van der Waals surface area contributed by atoms with Gasteiger partial charge in [0.15, 0.2) is 10.8 Å². The minimum atomic E-state index is -3.51. The van der Waals surface area contributed by atoms with Crippen LogP contribution in [0.15, 0.2) is 40.6 Å². The van der Waals surface area contributed by atoms with Crippen LogP contribution in [0.1, 0.15) is 36.8 Å². The first-order valence-corrected chi connectivity index (χ1v) is 11.4. The summed E-state index contributed by atoms with van der Waals surface area (Å²) in [5.74, 6) is -0.964. The molecule has 8 nitrogen and oxygen atoms in total. The van der Waals surface area contributed by atoms with Crippen molar-refractivity contribution in [3.8, 4) is 0 Å². The molecule has 1 N–H and O–H groups in total. The zero-order chi connectivity index (χ0) is 21.4. The maximum absolute atomic E-state index is 12.5. The van der Waals surface area contributed by atoms with Gasteiger partial charge in [0.1, 0.15) is 0 Å². The lowest BCUT2D eigenvalue weighted by molar-refractivity contribution is -0.111. The SMILES string of the molecule is CCOC(=O)c1csc(NC(=O)/C=C/c2ccc(S(=O)(=O)N(CC)CC)cc2)n1. The maximum Gasteiger partial charge on any atom is 0.357 e. The maximum atomic E-state index is 12.5. The second kappa shape index (κ2) is 10.3. The summed E-state index contributed by atoms with van der Waals surface area (Å²) in [6.45, 7) is 6.31. The molecular formula is C19H23N3O5S2. The summed E-state index contributed by atoms with van der Waals surface area (Å²) in [5, 5.41) is 4.35. The van der Waals surface area contributed by atoms with E-state index in [0.29, 0.717) is 18.7 Å². The number of rotatable bonds is 9. The number of sulfonamides is 1. The third kappa shape index (κ3) is 5.96. The van der Waals surface area contributed by atoms with Crippen LogP contribution in [-0.2, 0) is 19.6 Å². The number of hydrogen-bond acceptors (Lipinski definition) is 7. The van der Waals surface area contributed by atoms with E-state index >= 15 is 0 Å². The minimum Gasteiger partial charge on any atom is -0.461 e. The quantitative estimate of drug-likeness (QED) is 0.478. The predicted molar refractivity (Wildman–Crippen MR) is 112 cm³/mol. The van der Waals surface area contributed by atoms with Crippen molar-refractivity contribution in [2.75, 3.05) is 25.0 Å². The lowest BCUT2D eigenvalue weighted by Crippen LogP contribution is -2.30. The molecule has 1 heterocycles. The van der Waals surface area contributed by atoms with Gasteiger partial charge in [-0.15, -0.1) is 11.3 Å². The Morgan fingerprint density at radius 2 is 1.83 bits per heavy atom. The average molecular weight is 438 g/mol. The van der Waals surface area contributed by atoms with Crippen molar-refractivity contribution in [1.29, 1.82) is 0 Å². The van der Waals surface area contributed by atoms with Crippen molar-refractivity contribution in [2.24, 2.45) is 0 Å². The molecule has 1 aromatic heterocycles. The van der Waals surface area contributed by atoms with E-state index in [9.17, 15) is 18.0 Å². The number of carbonyl (C=O) groups is 2. The Morgan fingerprint density at radius 1 is 1.17 bits per heavy atom. The van der Waals surface area contributed by atoms with Crippen LogP contribution in [0.4, 0.5) is 5.13 Å². The number of amides is 1. The van der Waals surface area contributed by atoms with E-state index in [4.69, 9.17) is 4.74 Å². The van der Waals surface area contributed by atoms with Crippen molar-refractivity contribution in [1.82, 2.24) is 9.29 Å². The van der Waals surface area contributed by atoms with Crippen molar-refractivity contribution >= 4 is 44.4 Å². The lowest BCUT2D eigenvalue weighted by atomic mass is 10.2. The molecule has 1 aromatic carbocycles. The summed E-state index contributed by atoms with van der Waals surface area (Å²) >= 11 is 1.12. The fourth-order valence-corrected chi connectivity index (χ4v) is 4.55. The largest absolute Gasteiger partial charge is 0.461 e. The summed E-state index contributed by atoms with van der Waals surface area (Å²) < 4.78 is 31.2. The number of aromatic nitrogens is 1. The highest BCUT2D eigenvalue weighted by atomic mass is 32.2. The predicted octanol–water partition coefficient (Wildman–Crippen LogP) is 3.00. The van der Waals surface area contributed by atoms with Crippen LogP contribution in [-0.4, -0.2) is 49.3 Å². The van der Waals surface area contributed by atoms with E-state index in [1.165, 1.54) is 27.9 Å². The second-order valence-electron chi connectivity index (χ2n) is 5.74. The molecule has 29 heavy (non-hydrogen) atoms. The molecular weight excluding hydrogens is 414 g/mol. The van der Waals surface area contributed by atoms with Gasteiger partial charge in [-0.05, 0) is 30.7 Å². The molecule has 0 saturated carbocycles. The first kappa shape index (κ1) is 22.7. The summed E-state index contributed by atoms with van der Waals surface area (Å²) in [7, 11) is -3.51. The van der Waals surface area contributed by atoms with Crippen LogP contribution >= 0.6 is 11.3 Å². The Kier molecular flexibility index (Phi) is 8.06. The molecule has 2 aromatic rings. The topological polar surface area (TPSA) is 106 Å². The number of esters is 1. The molecule has 0 atom stereocenters. The summed E-state index contributed by atoms with van der Waals surface area (Å²) in [4.78, 5) is 27.8. The van der Waals surface area contributed by atoms with Gasteiger partial charge in [0.2, 0.25) is 15.9 Å². The summed E-state index contributed by atoms with van der Waals surface area (Å²) in [6.07, 6.45) is 2.86. The number of nitrogens with one attached hydrogen (secondary N) is 1. The highest BCUT2D eigenvalue weighted by Crippen LogP contribution is 2.18. The number of carbonyl (C=O) groups excluding carboxylic acids is 2. The number of anilines is 1. The highest BCUT2D eigenvalue weighted by molar-refractivity contribution is 7.89. The minimum absolute atomic E-state index is 0.140. The van der Waals surface area contributed by atoms with Gasteiger partial charge in [0.05, 0.1) is 11.5 Å². The van der Waals surface area contributed by atoms with Crippen LogP contribution in [0, 0.1) is 0 Å². The van der Waals surface area contributed by atoms with Crippen LogP contribution in [0.2, 0.25) is 0 Å².